The molecule has 1 aromatic heterocycles. The Labute approximate surface area is 200 Å². The van der Waals surface area contributed by atoms with Gasteiger partial charge in [0.2, 0.25) is 5.91 Å². The van der Waals surface area contributed by atoms with Gasteiger partial charge in [-0.1, -0.05) is 67.1 Å². The van der Waals surface area contributed by atoms with Crippen LogP contribution >= 0.6 is 0 Å². The van der Waals surface area contributed by atoms with Gasteiger partial charge in [0.1, 0.15) is 0 Å². The molecule has 1 heterocycles. The first kappa shape index (κ1) is 22.1. The number of aromatic amines is 1. The zero-order valence-electron chi connectivity index (χ0n) is 19.6. The van der Waals surface area contributed by atoms with Gasteiger partial charge in [0, 0.05) is 35.1 Å². The predicted octanol–water partition coefficient (Wildman–Crippen LogP) is 5.56. The second kappa shape index (κ2) is 9.26. The maximum atomic E-state index is 13.6. The first-order chi connectivity index (χ1) is 16.7. The number of amides is 1. The summed E-state index contributed by atoms with van der Waals surface area (Å²) in [6.07, 6.45) is 4.86. The van der Waals surface area contributed by atoms with Crippen molar-refractivity contribution in [1.29, 1.82) is 0 Å². The summed E-state index contributed by atoms with van der Waals surface area (Å²) in [5.74, 6) is 1.35. The van der Waals surface area contributed by atoms with Gasteiger partial charge in [-0.15, -0.1) is 0 Å². The molecule has 34 heavy (non-hydrogen) atoms. The maximum Gasteiger partial charge on any atom is 0.230 e. The van der Waals surface area contributed by atoms with Crippen molar-refractivity contribution < 1.29 is 14.3 Å². The normalized spacial score (nSPS) is 15.4. The predicted molar refractivity (Wildman–Crippen MR) is 135 cm³/mol. The molecule has 1 atom stereocenters. The van der Waals surface area contributed by atoms with Crippen molar-refractivity contribution in [3.8, 4) is 11.5 Å². The molecule has 1 fully saturated rings. The highest BCUT2D eigenvalue weighted by molar-refractivity contribution is 5.90. The fourth-order valence-corrected chi connectivity index (χ4v) is 5.25. The lowest BCUT2D eigenvalue weighted by Crippen LogP contribution is -2.50. The Kier molecular flexibility index (Phi) is 6.01. The van der Waals surface area contributed by atoms with Crippen molar-refractivity contribution >= 4 is 16.8 Å². The number of fused-ring (bicyclic) bond motifs is 1. The minimum absolute atomic E-state index is 0.0941. The standard InChI is InChI=1S/C29H30N2O3/c1-33-26-15-8-13-22(27(26)34-2)24(23-18-30-25-14-7-6-12-21(23)25)19-31-28(32)29(16-9-17-29)20-10-4-3-5-11-20/h3-8,10-15,18,24,30H,9,16-17,19H2,1-2H3,(H,31,32). The zero-order chi connectivity index (χ0) is 23.5. The lowest BCUT2D eigenvalue weighted by atomic mass is 9.63. The molecule has 5 heteroatoms. The van der Waals surface area contributed by atoms with Gasteiger partial charge in [-0.25, -0.2) is 0 Å². The second-order valence-electron chi connectivity index (χ2n) is 8.94. The number of benzene rings is 3. The highest BCUT2D eigenvalue weighted by Crippen LogP contribution is 2.44. The number of rotatable bonds is 8. The third-order valence-electron chi connectivity index (χ3n) is 7.24. The van der Waals surface area contributed by atoms with E-state index in [0.717, 1.165) is 46.9 Å². The van der Waals surface area contributed by atoms with E-state index in [1.54, 1.807) is 14.2 Å². The Morgan fingerprint density at radius 3 is 2.41 bits per heavy atom. The van der Waals surface area contributed by atoms with Crippen LogP contribution in [0.5, 0.6) is 11.5 Å². The van der Waals surface area contributed by atoms with Gasteiger partial charge < -0.3 is 19.8 Å². The minimum Gasteiger partial charge on any atom is -0.493 e. The van der Waals surface area contributed by atoms with E-state index in [9.17, 15) is 4.79 Å². The van der Waals surface area contributed by atoms with Crippen molar-refractivity contribution in [3.05, 3.63) is 95.7 Å². The number of methoxy groups -OCH3 is 2. The third-order valence-corrected chi connectivity index (χ3v) is 7.24. The number of para-hydroxylation sites is 2. The van der Waals surface area contributed by atoms with Gasteiger partial charge in [-0.05, 0) is 36.1 Å². The fraction of sp³-hybridized carbons (Fsp3) is 0.276. The van der Waals surface area contributed by atoms with E-state index in [-0.39, 0.29) is 11.8 Å². The Balaban J connectivity index is 1.52. The molecule has 174 valence electrons. The quantitative estimate of drug-likeness (QED) is 0.367. The number of hydrogen-bond acceptors (Lipinski definition) is 3. The molecule has 0 bridgehead atoms. The van der Waals surface area contributed by atoms with Crippen LogP contribution in [0.3, 0.4) is 0 Å². The van der Waals surface area contributed by atoms with Gasteiger partial charge in [0.25, 0.3) is 0 Å². The van der Waals surface area contributed by atoms with Crippen LogP contribution in [0.15, 0.2) is 79.0 Å². The molecule has 5 rings (SSSR count). The van der Waals surface area contributed by atoms with Crippen LogP contribution in [0.2, 0.25) is 0 Å². The van der Waals surface area contributed by atoms with Crippen LogP contribution in [0, 0.1) is 0 Å². The van der Waals surface area contributed by atoms with Gasteiger partial charge in [-0.3, -0.25) is 4.79 Å². The highest BCUT2D eigenvalue weighted by atomic mass is 16.5. The molecule has 1 aliphatic rings. The van der Waals surface area contributed by atoms with E-state index in [1.165, 1.54) is 0 Å². The Morgan fingerprint density at radius 2 is 1.71 bits per heavy atom. The second-order valence-corrected chi connectivity index (χ2v) is 8.94. The molecule has 1 aliphatic carbocycles. The van der Waals surface area contributed by atoms with Crippen molar-refractivity contribution in [2.45, 2.75) is 30.6 Å². The molecule has 1 unspecified atom stereocenters. The first-order valence-electron chi connectivity index (χ1n) is 11.8. The summed E-state index contributed by atoms with van der Waals surface area (Å²) in [5, 5.41) is 4.45. The lowest BCUT2D eigenvalue weighted by Gasteiger charge is -2.41. The fourth-order valence-electron chi connectivity index (χ4n) is 5.25. The summed E-state index contributed by atoms with van der Waals surface area (Å²) >= 11 is 0. The molecule has 1 amide bonds. The number of ether oxygens (including phenoxy) is 2. The number of aromatic nitrogens is 1. The monoisotopic (exact) mass is 454 g/mol. The van der Waals surface area contributed by atoms with Gasteiger partial charge in [0.15, 0.2) is 11.5 Å². The van der Waals surface area contributed by atoms with Crippen LogP contribution in [-0.4, -0.2) is 31.7 Å². The summed E-state index contributed by atoms with van der Waals surface area (Å²) in [6, 6.07) is 24.3. The number of nitrogens with one attached hydrogen (secondary N) is 2. The molecule has 0 saturated heterocycles. The maximum absolute atomic E-state index is 13.6. The summed E-state index contributed by atoms with van der Waals surface area (Å²) < 4.78 is 11.4. The molecule has 0 spiro atoms. The van der Waals surface area contributed by atoms with Gasteiger partial charge in [-0.2, -0.15) is 0 Å². The summed E-state index contributed by atoms with van der Waals surface area (Å²) in [6.45, 7) is 0.457. The number of H-pyrrole nitrogens is 1. The topological polar surface area (TPSA) is 63.3 Å². The summed E-state index contributed by atoms with van der Waals surface area (Å²) in [5.41, 5.74) is 3.82. The van der Waals surface area contributed by atoms with Crippen LogP contribution in [-0.2, 0) is 10.2 Å². The summed E-state index contributed by atoms with van der Waals surface area (Å²) in [7, 11) is 3.30. The number of carbonyl (C=O) groups is 1. The summed E-state index contributed by atoms with van der Waals surface area (Å²) in [4.78, 5) is 17.0. The average molecular weight is 455 g/mol. The molecule has 4 aromatic rings. The van der Waals surface area contributed by atoms with Crippen molar-refractivity contribution in [2.24, 2.45) is 0 Å². The molecule has 0 aliphatic heterocycles. The molecular formula is C29H30N2O3. The number of hydrogen-bond donors (Lipinski definition) is 2. The molecular weight excluding hydrogens is 424 g/mol. The van der Waals surface area contributed by atoms with E-state index >= 15 is 0 Å². The zero-order valence-corrected chi connectivity index (χ0v) is 19.6. The van der Waals surface area contributed by atoms with Crippen LogP contribution in [0.25, 0.3) is 10.9 Å². The van der Waals surface area contributed by atoms with E-state index in [2.05, 4.69) is 40.6 Å². The molecule has 3 aromatic carbocycles. The molecule has 2 N–H and O–H groups in total. The number of carbonyl (C=O) groups excluding carboxylic acids is 1. The SMILES string of the molecule is COc1cccc(C(CNC(=O)C2(c3ccccc3)CCC2)c2c[nH]c3ccccc23)c1OC. The smallest absolute Gasteiger partial charge is 0.230 e. The van der Waals surface area contributed by atoms with Gasteiger partial charge >= 0.3 is 0 Å². The highest BCUT2D eigenvalue weighted by Gasteiger charge is 2.45. The Hall–Kier alpha value is -3.73. The van der Waals surface area contributed by atoms with Crippen molar-refractivity contribution in [3.63, 3.8) is 0 Å². The van der Waals surface area contributed by atoms with E-state index in [0.29, 0.717) is 18.0 Å². The van der Waals surface area contributed by atoms with Crippen molar-refractivity contribution in [2.75, 3.05) is 20.8 Å². The largest absolute Gasteiger partial charge is 0.493 e. The van der Waals surface area contributed by atoms with Crippen LogP contribution < -0.4 is 14.8 Å². The average Bonchev–Trinajstić information content (AvgIpc) is 3.28. The molecule has 0 radical (unpaired) electrons. The Bertz CT molecular complexity index is 1290. The van der Waals surface area contributed by atoms with Crippen molar-refractivity contribution in [1.82, 2.24) is 10.3 Å². The first-order valence-corrected chi connectivity index (χ1v) is 11.8. The van der Waals surface area contributed by atoms with E-state index < -0.39 is 5.41 Å². The van der Waals surface area contributed by atoms with E-state index in [4.69, 9.17) is 9.47 Å². The van der Waals surface area contributed by atoms with Gasteiger partial charge in [0.05, 0.1) is 19.6 Å². The van der Waals surface area contributed by atoms with Crippen LogP contribution in [0.4, 0.5) is 0 Å². The molecule has 1 saturated carbocycles. The van der Waals surface area contributed by atoms with Crippen LogP contribution in [0.1, 0.15) is 41.9 Å². The molecule has 5 nitrogen and oxygen atoms in total. The third kappa shape index (κ3) is 3.71. The lowest BCUT2D eigenvalue weighted by molar-refractivity contribution is -0.129. The minimum atomic E-state index is -0.440. The Morgan fingerprint density at radius 1 is 0.941 bits per heavy atom. The van der Waals surface area contributed by atoms with E-state index in [1.807, 2.05) is 48.7 Å².